The summed E-state index contributed by atoms with van der Waals surface area (Å²) in [5.41, 5.74) is 4.76. The van der Waals surface area contributed by atoms with Crippen LogP contribution in [-0.2, 0) is 36.0 Å². The Morgan fingerprint density at radius 1 is 1.06 bits per heavy atom. The number of fused-ring (bicyclic) bond motifs is 1. The van der Waals surface area contributed by atoms with E-state index in [0.717, 1.165) is 62.1 Å². The molecule has 2 aliphatic rings. The largest absolute Gasteiger partial charge is 0.486 e. The van der Waals surface area contributed by atoms with Crippen molar-refractivity contribution in [1.82, 2.24) is 14.8 Å². The van der Waals surface area contributed by atoms with E-state index >= 15 is 0 Å². The van der Waals surface area contributed by atoms with E-state index in [9.17, 15) is 4.79 Å². The maximum absolute atomic E-state index is 12.5. The van der Waals surface area contributed by atoms with E-state index in [1.807, 2.05) is 41.9 Å². The van der Waals surface area contributed by atoms with E-state index in [4.69, 9.17) is 9.47 Å². The molecule has 0 radical (unpaired) electrons. The quantitative estimate of drug-likeness (QED) is 0.478. The van der Waals surface area contributed by atoms with E-state index in [1.165, 1.54) is 35.7 Å². The van der Waals surface area contributed by atoms with E-state index in [0.29, 0.717) is 11.8 Å². The fourth-order valence-electron chi connectivity index (χ4n) is 4.45. The van der Waals surface area contributed by atoms with Gasteiger partial charge in [-0.3, -0.25) is 4.79 Å². The van der Waals surface area contributed by atoms with E-state index in [-0.39, 0.29) is 11.7 Å². The Bertz CT molecular complexity index is 1160. The van der Waals surface area contributed by atoms with Crippen molar-refractivity contribution in [2.24, 2.45) is 7.05 Å². The van der Waals surface area contributed by atoms with Crippen LogP contribution in [0.4, 0.5) is 11.4 Å². The Hall–Kier alpha value is -3.04. The lowest BCUT2D eigenvalue weighted by Gasteiger charge is -2.28. The monoisotopic (exact) mass is 493 g/mol. The summed E-state index contributed by atoms with van der Waals surface area (Å²) in [7, 11) is 1.90. The fourth-order valence-corrected chi connectivity index (χ4v) is 5.18. The van der Waals surface area contributed by atoms with Gasteiger partial charge in [-0.2, -0.15) is 0 Å². The third-order valence-electron chi connectivity index (χ3n) is 6.47. The Labute approximate surface area is 210 Å². The zero-order chi connectivity index (χ0) is 24.0. The highest BCUT2D eigenvalue weighted by Gasteiger charge is 2.15. The molecule has 1 saturated heterocycles. The molecule has 8 nitrogen and oxygen atoms in total. The van der Waals surface area contributed by atoms with E-state index in [2.05, 4.69) is 32.5 Å². The molecular weight excluding hydrogens is 462 g/mol. The topological polar surface area (TPSA) is 81.5 Å². The minimum absolute atomic E-state index is 0.0796. The fraction of sp³-hybridized carbons (Fsp3) is 0.423. The summed E-state index contributed by atoms with van der Waals surface area (Å²) < 4.78 is 13.3. The number of carbonyl (C=O) groups is 1. The lowest BCUT2D eigenvalue weighted by molar-refractivity contribution is -0.113. The van der Waals surface area contributed by atoms with Crippen LogP contribution in [0, 0.1) is 0 Å². The lowest BCUT2D eigenvalue weighted by atomic mass is 9.92. The number of amides is 1. The molecule has 1 aromatic heterocycles. The summed E-state index contributed by atoms with van der Waals surface area (Å²) in [6, 6.07) is 14.3. The number of ether oxygens (including phenoxy) is 2. The van der Waals surface area contributed by atoms with Gasteiger partial charge in [-0.15, -0.1) is 10.2 Å². The molecule has 5 rings (SSSR count). The zero-order valence-corrected chi connectivity index (χ0v) is 20.9. The number of thioether (sulfide) groups is 1. The van der Waals surface area contributed by atoms with Crippen LogP contribution in [0.1, 0.15) is 29.8 Å². The van der Waals surface area contributed by atoms with Gasteiger partial charge in [-0.1, -0.05) is 17.8 Å². The van der Waals surface area contributed by atoms with Crippen molar-refractivity contribution >= 4 is 29.0 Å². The third-order valence-corrected chi connectivity index (χ3v) is 7.49. The maximum atomic E-state index is 12.5. The molecule has 9 heteroatoms. The Morgan fingerprint density at radius 3 is 2.63 bits per heavy atom. The number of hydrogen-bond donors (Lipinski definition) is 1. The van der Waals surface area contributed by atoms with Crippen LogP contribution < -0.4 is 15.0 Å². The second-order valence-corrected chi connectivity index (χ2v) is 9.81. The number of benzene rings is 2. The molecule has 1 N–H and O–H groups in total. The number of aryl methyl sites for hydroxylation is 2. The Balaban J connectivity index is 1.10. The van der Waals surface area contributed by atoms with Crippen molar-refractivity contribution < 1.29 is 14.3 Å². The predicted octanol–water partition coefficient (Wildman–Crippen LogP) is 3.84. The number of nitrogens with one attached hydrogen (secondary N) is 1. The highest BCUT2D eigenvalue weighted by atomic mass is 32.2. The lowest BCUT2D eigenvalue weighted by Crippen LogP contribution is -2.36. The average Bonchev–Trinajstić information content (AvgIpc) is 3.26. The maximum Gasteiger partial charge on any atom is 0.234 e. The van der Waals surface area contributed by atoms with Gasteiger partial charge in [-0.25, -0.2) is 0 Å². The first-order chi connectivity index (χ1) is 17.2. The minimum atomic E-state index is -0.0796. The first kappa shape index (κ1) is 23.7. The van der Waals surface area contributed by atoms with E-state index in [1.54, 1.807) is 0 Å². The molecule has 3 aromatic rings. The average molecular weight is 494 g/mol. The molecule has 35 heavy (non-hydrogen) atoms. The first-order valence-electron chi connectivity index (χ1n) is 12.1. The number of anilines is 2. The number of aromatic nitrogens is 3. The van der Waals surface area contributed by atoms with Crippen molar-refractivity contribution in [2.75, 3.05) is 42.3 Å². The normalized spacial score (nSPS) is 15.5. The summed E-state index contributed by atoms with van der Waals surface area (Å²) in [4.78, 5) is 14.8. The predicted molar refractivity (Wildman–Crippen MR) is 137 cm³/mol. The van der Waals surface area contributed by atoms with Gasteiger partial charge in [0, 0.05) is 31.5 Å². The molecule has 2 aromatic carbocycles. The Kier molecular flexibility index (Phi) is 7.54. The summed E-state index contributed by atoms with van der Waals surface area (Å²) in [5, 5.41) is 12.1. The highest BCUT2D eigenvalue weighted by molar-refractivity contribution is 7.99. The zero-order valence-electron chi connectivity index (χ0n) is 20.0. The summed E-state index contributed by atoms with van der Waals surface area (Å²) >= 11 is 1.36. The van der Waals surface area contributed by atoms with Crippen LogP contribution >= 0.6 is 11.8 Å². The van der Waals surface area contributed by atoms with E-state index < -0.39 is 0 Å². The van der Waals surface area contributed by atoms with Crippen LogP contribution in [0.5, 0.6) is 5.75 Å². The molecule has 0 bridgehead atoms. The van der Waals surface area contributed by atoms with Gasteiger partial charge >= 0.3 is 0 Å². The van der Waals surface area contributed by atoms with Gasteiger partial charge in [0.15, 0.2) is 11.0 Å². The molecule has 0 atom stereocenters. The van der Waals surface area contributed by atoms with Gasteiger partial charge in [-0.05, 0) is 73.2 Å². The number of carbonyl (C=O) groups excluding carboxylic acids is 1. The Morgan fingerprint density at radius 2 is 1.83 bits per heavy atom. The second kappa shape index (κ2) is 11.1. The van der Waals surface area contributed by atoms with Crippen molar-refractivity contribution in [3.63, 3.8) is 0 Å². The molecule has 1 fully saturated rings. The van der Waals surface area contributed by atoms with Gasteiger partial charge in [0.2, 0.25) is 5.91 Å². The number of rotatable bonds is 8. The van der Waals surface area contributed by atoms with Crippen molar-refractivity contribution in [3.8, 4) is 5.75 Å². The van der Waals surface area contributed by atoms with Crippen LogP contribution in [0.15, 0.2) is 47.6 Å². The number of morpholine rings is 1. The molecule has 184 valence electrons. The highest BCUT2D eigenvalue weighted by Crippen LogP contribution is 2.26. The number of hydrogen-bond acceptors (Lipinski definition) is 7. The minimum Gasteiger partial charge on any atom is -0.486 e. The van der Waals surface area contributed by atoms with Crippen LogP contribution in [-0.4, -0.2) is 52.7 Å². The van der Waals surface area contributed by atoms with Gasteiger partial charge in [0.05, 0.1) is 19.0 Å². The third kappa shape index (κ3) is 5.97. The molecule has 1 aliphatic heterocycles. The van der Waals surface area contributed by atoms with Crippen molar-refractivity contribution in [3.05, 3.63) is 59.4 Å². The standard InChI is InChI=1S/C26H31N5O3S/c1-30-24(17-34-23-11-6-19-4-2-3-5-20(19)16-23)28-29-26(30)35-18-25(32)27-21-7-9-22(10-8-21)31-12-14-33-15-13-31/h6-11,16H,2-5,12-15,17-18H2,1H3,(H,27,32). The molecule has 1 aliphatic carbocycles. The molecule has 2 heterocycles. The smallest absolute Gasteiger partial charge is 0.234 e. The van der Waals surface area contributed by atoms with Crippen LogP contribution in [0.25, 0.3) is 0 Å². The van der Waals surface area contributed by atoms with Crippen LogP contribution in [0.2, 0.25) is 0 Å². The molecule has 0 saturated carbocycles. The first-order valence-corrected chi connectivity index (χ1v) is 13.1. The molecular formula is C26H31N5O3S. The van der Waals surface area contributed by atoms with Gasteiger partial charge in [0.25, 0.3) is 0 Å². The summed E-state index contributed by atoms with van der Waals surface area (Å²) in [5.74, 6) is 1.76. The van der Waals surface area contributed by atoms with Gasteiger partial charge in [0.1, 0.15) is 12.4 Å². The van der Waals surface area contributed by atoms with Crippen molar-refractivity contribution in [1.29, 1.82) is 0 Å². The van der Waals surface area contributed by atoms with Gasteiger partial charge < -0.3 is 24.3 Å². The molecule has 0 unspecified atom stereocenters. The molecule has 0 spiro atoms. The second-order valence-electron chi connectivity index (χ2n) is 8.87. The number of nitrogens with zero attached hydrogens (tertiary/aromatic N) is 4. The molecule has 1 amide bonds. The summed E-state index contributed by atoms with van der Waals surface area (Å²) in [6.07, 6.45) is 4.80. The SMILES string of the molecule is Cn1c(COc2ccc3c(c2)CCCC3)nnc1SCC(=O)Nc1ccc(N2CCOCC2)cc1. The van der Waals surface area contributed by atoms with Crippen molar-refractivity contribution in [2.45, 2.75) is 37.4 Å². The van der Waals surface area contributed by atoms with Crippen LogP contribution in [0.3, 0.4) is 0 Å². The summed E-state index contributed by atoms with van der Waals surface area (Å²) in [6.45, 7) is 3.62.